The molecule has 0 saturated carbocycles. The van der Waals surface area contributed by atoms with E-state index in [9.17, 15) is 0 Å². The van der Waals surface area contributed by atoms with Gasteiger partial charge in [-0.1, -0.05) is 182 Å². The van der Waals surface area contributed by atoms with Crippen LogP contribution < -0.4 is 4.90 Å². The zero-order valence-electron chi connectivity index (χ0n) is 34.0. The first-order valence-corrected chi connectivity index (χ1v) is 21.3. The Labute approximate surface area is 360 Å². The van der Waals surface area contributed by atoms with Gasteiger partial charge in [-0.2, -0.15) is 0 Å². The molecule has 2 heteroatoms. The minimum absolute atomic E-state index is 1.09. The van der Waals surface area contributed by atoms with Gasteiger partial charge in [-0.05, 0) is 126 Å². The molecule has 0 unspecified atom stereocenters. The smallest absolute Gasteiger partial charge is 0.0553 e. The number of rotatable bonds is 7. The van der Waals surface area contributed by atoms with E-state index in [1.807, 2.05) is 0 Å². The van der Waals surface area contributed by atoms with Crippen LogP contribution in [0.5, 0.6) is 0 Å². The van der Waals surface area contributed by atoms with Gasteiger partial charge in [0.05, 0.1) is 11.0 Å². The van der Waals surface area contributed by atoms with E-state index in [0.29, 0.717) is 0 Å². The molecule has 0 N–H and O–H groups in total. The highest BCUT2D eigenvalue weighted by Crippen LogP contribution is 2.45. The van der Waals surface area contributed by atoms with Gasteiger partial charge in [0.2, 0.25) is 0 Å². The van der Waals surface area contributed by atoms with Crippen LogP contribution in [0.3, 0.4) is 0 Å². The Bertz CT molecular complexity index is 3600. The molecule has 0 fully saturated rings. The highest BCUT2D eigenvalue weighted by molar-refractivity contribution is 6.23. The lowest BCUT2D eigenvalue weighted by molar-refractivity contribution is 1.18. The molecule has 11 aromatic carbocycles. The Morgan fingerprint density at radius 1 is 0.274 bits per heavy atom. The fraction of sp³-hybridized carbons (Fsp3) is 0. The van der Waals surface area contributed by atoms with Crippen LogP contribution in [0.25, 0.3) is 93.2 Å². The van der Waals surface area contributed by atoms with E-state index in [4.69, 9.17) is 0 Å². The number of para-hydroxylation sites is 2. The van der Waals surface area contributed by atoms with Crippen molar-refractivity contribution in [2.45, 2.75) is 0 Å². The first-order chi connectivity index (χ1) is 30.7. The molecule has 0 aliphatic carbocycles. The molecule has 12 rings (SSSR count). The van der Waals surface area contributed by atoms with E-state index in [-0.39, 0.29) is 0 Å². The summed E-state index contributed by atoms with van der Waals surface area (Å²) in [5.41, 5.74) is 14.1. The van der Waals surface area contributed by atoms with Gasteiger partial charge < -0.3 is 9.47 Å². The van der Waals surface area contributed by atoms with Crippen molar-refractivity contribution in [3.05, 3.63) is 243 Å². The van der Waals surface area contributed by atoms with Gasteiger partial charge >= 0.3 is 0 Å². The van der Waals surface area contributed by atoms with E-state index in [2.05, 4.69) is 252 Å². The molecular weight excluding hydrogens is 749 g/mol. The molecule has 1 aromatic heterocycles. The van der Waals surface area contributed by atoms with Crippen molar-refractivity contribution in [3.8, 4) is 39.1 Å². The molecule has 0 saturated heterocycles. The third-order valence-corrected chi connectivity index (χ3v) is 12.5. The fourth-order valence-corrected chi connectivity index (χ4v) is 9.62. The third kappa shape index (κ3) is 6.04. The Balaban J connectivity index is 1.04. The van der Waals surface area contributed by atoms with Crippen molar-refractivity contribution in [2.75, 3.05) is 4.90 Å². The lowest BCUT2D eigenvalue weighted by Gasteiger charge is -2.27. The van der Waals surface area contributed by atoms with Crippen LogP contribution in [0.2, 0.25) is 0 Å². The molecule has 0 bridgehead atoms. The van der Waals surface area contributed by atoms with E-state index in [1.54, 1.807) is 0 Å². The van der Waals surface area contributed by atoms with Crippen LogP contribution in [0.15, 0.2) is 243 Å². The topological polar surface area (TPSA) is 8.17 Å². The second-order valence-electron chi connectivity index (χ2n) is 16.1. The van der Waals surface area contributed by atoms with Crippen molar-refractivity contribution in [2.24, 2.45) is 0 Å². The highest BCUT2D eigenvalue weighted by Gasteiger charge is 2.21. The molecule has 0 aliphatic rings. The Morgan fingerprint density at radius 3 is 1.55 bits per heavy atom. The molecule has 290 valence electrons. The van der Waals surface area contributed by atoms with E-state index < -0.39 is 0 Å². The lowest BCUT2D eigenvalue weighted by Crippen LogP contribution is -2.10. The van der Waals surface area contributed by atoms with Gasteiger partial charge in [0.15, 0.2) is 0 Å². The number of hydrogen-bond acceptors (Lipinski definition) is 1. The monoisotopic (exact) mass is 788 g/mol. The lowest BCUT2D eigenvalue weighted by atomic mass is 9.92. The first kappa shape index (κ1) is 35.7. The van der Waals surface area contributed by atoms with Crippen LogP contribution in [0, 0.1) is 0 Å². The zero-order chi connectivity index (χ0) is 41.0. The van der Waals surface area contributed by atoms with E-state index in [0.717, 1.165) is 22.7 Å². The normalized spacial score (nSPS) is 11.5. The van der Waals surface area contributed by atoms with Gasteiger partial charge in [0.25, 0.3) is 0 Å². The molecular formula is C60H40N2. The predicted octanol–water partition coefficient (Wildman–Crippen LogP) is 16.7. The third-order valence-electron chi connectivity index (χ3n) is 12.5. The number of hydrogen-bond donors (Lipinski definition) is 0. The minimum Gasteiger partial charge on any atom is -0.310 e. The van der Waals surface area contributed by atoms with Crippen LogP contribution in [-0.2, 0) is 0 Å². The fourth-order valence-electron chi connectivity index (χ4n) is 9.62. The average Bonchev–Trinajstić information content (AvgIpc) is 3.67. The molecule has 0 aliphatic heterocycles. The Morgan fingerprint density at radius 2 is 0.790 bits per heavy atom. The molecule has 1 heterocycles. The van der Waals surface area contributed by atoms with Crippen LogP contribution in [0.1, 0.15) is 0 Å². The van der Waals surface area contributed by atoms with Crippen LogP contribution in [0.4, 0.5) is 17.1 Å². The Kier molecular flexibility index (Phi) is 8.53. The first-order valence-electron chi connectivity index (χ1n) is 21.3. The molecule has 0 spiro atoms. The summed E-state index contributed by atoms with van der Waals surface area (Å²) in [4.78, 5) is 2.41. The highest BCUT2D eigenvalue weighted by atomic mass is 15.1. The Hall–Kier alpha value is -8.20. The maximum Gasteiger partial charge on any atom is 0.0553 e. The molecule has 0 radical (unpaired) electrons. The summed E-state index contributed by atoms with van der Waals surface area (Å²) in [6, 6.07) is 88.5. The van der Waals surface area contributed by atoms with E-state index in [1.165, 1.54) is 87.5 Å². The summed E-state index contributed by atoms with van der Waals surface area (Å²) in [6.45, 7) is 0. The maximum atomic E-state index is 2.42. The van der Waals surface area contributed by atoms with Crippen molar-refractivity contribution >= 4 is 71.2 Å². The molecule has 62 heavy (non-hydrogen) atoms. The average molecular weight is 789 g/mol. The minimum atomic E-state index is 1.09. The van der Waals surface area contributed by atoms with E-state index >= 15 is 0 Å². The second-order valence-corrected chi connectivity index (χ2v) is 16.1. The molecule has 0 atom stereocenters. The summed E-state index contributed by atoms with van der Waals surface area (Å²) in [5.74, 6) is 0. The number of fused-ring (bicyclic) bond motifs is 7. The number of nitrogens with zero attached hydrogens (tertiary/aromatic N) is 2. The summed E-state index contributed by atoms with van der Waals surface area (Å²) in [6.07, 6.45) is 0. The summed E-state index contributed by atoms with van der Waals surface area (Å²) >= 11 is 0. The molecule has 2 nitrogen and oxygen atoms in total. The number of aromatic nitrogens is 1. The second kappa shape index (κ2) is 14.8. The zero-order valence-corrected chi connectivity index (χ0v) is 34.0. The van der Waals surface area contributed by atoms with Crippen LogP contribution in [-0.4, -0.2) is 4.57 Å². The summed E-state index contributed by atoms with van der Waals surface area (Å²) in [7, 11) is 0. The molecule has 12 aromatic rings. The SMILES string of the molecule is c1ccc(-c2ccc(-c3ccc(N(c4cccc(-c5c6ccccc6cc6c5c5ccccc5n6-c5ccccc5)c4)c4ccc5c(ccc6ccccc65)c4)cc3)cc2)cc1. The van der Waals surface area contributed by atoms with Crippen molar-refractivity contribution < 1.29 is 0 Å². The summed E-state index contributed by atoms with van der Waals surface area (Å²) in [5, 5.41) is 9.92. The van der Waals surface area contributed by atoms with Crippen molar-refractivity contribution in [1.82, 2.24) is 4.57 Å². The van der Waals surface area contributed by atoms with Gasteiger partial charge in [0, 0.05) is 33.5 Å². The quantitative estimate of drug-likeness (QED) is 0.146. The predicted molar refractivity (Wildman–Crippen MR) is 264 cm³/mol. The van der Waals surface area contributed by atoms with Gasteiger partial charge in [-0.3, -0.25) is 0 Å². The number of benzene rings is 11. The van der Waals surface area contributed by atoms with Gasteiger partial charge in [0.1, 0.15) is 0 Å². The molecule has 0 amide bonds. The van der Waals surface area contributed by atoms with Gasteiger partial charge in [-0.15, -0.1) is 0 Å². The van der Waals surface area contributed by atoms with Crippen LogP contribution >= 0.6 is 0 Å². The standard InChI is InChI=1S/C60H40N2/c1-3-14-41(15-4-1)42-26-28-43(29-27-42)44-32-34-50(35-33-44)61(52-36-37-54-47(38-52)31-30-45-16-7-9-22-53(45)54)51-21-13-18-48(39-51)59-55-23-10-8-17-46(55)40-58-60(59)56-24-11-12-25-57(56)62(58)49-19-5-2-6-20-49/h1-40H. The summed E-state index contributed by atoms with van der Waals surface area (Å²) < 4.78 is 2.42. The number of anilines is 3. The largest absolute Gasteiger partial charge is 0.310 e. The van der Waals surface area contributed by atoms with Crippen molar-refractivity contribution in [1.29, 1.82) is 0 Å². The van der Waals surface area contributed by atoms with Gasteiger partial charge in [-0.25, -0.2) is 0 Å². The maximum absolute atomic E-state index is 2.42. The van der Waals surface area contributed by atoms with Crippen molar-refractivity contribution in [3.63, 3.8) is 0 Å².